The summed E-state index contributed by atoms with van der Waals surface area (Å²) in [6.45, 7) is -0.0682. The van der Waals surface area contributed by atoms with Gasteiger partial charge in [0.05, 0.1) is 23.8 Å². The van der Waals surface area contributed by atoms with Crippen LogP contribution in [-0.2, 0) is 24.1 Å². The average Bonchev–Trinajstić information content (AvgIpc) is 3.45. The Bertz CT molecular complexity index is 1680. The molecule has 0 radical (unpaired) electrons. The van der Waals surface area contributed by atoms with Gasteiger partial charge < -0.3 is 24.7 Å². The Balaban J connectivity index is 1.64. The van der Waals surface area contributed by atoms with Gasteiger partial charge in [-0.1, -0.05) is 6.08 Å². The van der Waals surface area contributed by atoms with Crippen LogP contribution in [0, 0.1) is 5.82 Å². The summed E-state index contributed by atoms with van der Waals surface area (Å²) >= 11 is 0. The summed E-state index contributed by atoms with van der Waals surface area (Å²) in [5.41, 5.74) is 4.38. The van der Waals surface area contributed by atoms with Crippen LogP contribution in [0.1, 0.15) is 39.2 Å². The van der Waals surface area contributed by atoms with E-state index >= 15 is 4.39 Å². The number of carboxylic acids is 1. The predicted molar refractivity (Wildman–Crippen MR) is 133 cm³/mol. The fourth-order valence-corrected chi connectivity index (χ4v) is 5.40. The second kappa shape index (κ2) is 8.46. The molecule has 0 fully saturated rings. The van der Waals surface area contributed by atoms with Crippen LogP contribution in [0.4, 0.5) is 4.39 Å². The van der Waals surface area contributed by atoms with Gasteiger partial charge in [-0.15, -0.1) is 0 Å². The molecular weight excluding hydrogens is 463 g/mol. The molecule has 3 heterocycles. The van der Waals surface area contributed by atoms with Crippen LogP contribution < -0.4 is 10.9 Å². The van der Waals surface area contributed by atoms with E-state index in [0.717, 1.165) is 24.6 Å². The van der Waals surface area contributed by atoms with Crippen LogP contribution in [0.15, 0.2) is 53.7 Å². The molecule has 1 unspecified atom stereocenters. The number of aromatic carboxylic acids is 1. The van der Waals surface area contributed by atoms with E-state index in [4.69, 9.17) is 4.74 Å². The summed E-state index contributed by atoms with van der Waals surface area (Å²) in [5, 5.41) is 14.6. The summed E-state index contributed by atoms with van der Waals surface area (Å²) in [6, 6.07) is 6.75. The number of H-pyrrole nitrogens is 1. The van der Waals surface area contributed by atoms with E-state index in [2.05, 4.69) is 21.4 Å². The largest absolute Gasteiger partial charge is 0.477 e. The van der Waals surface area contributed by atoms with Gasteiger partial charge in [0.15, 0.2) is 6.23 Å². The monoisotopic (exact) mass is 486 g/mol. The van der Waals surface area contributed by atoms with E-state index < -0.39 is 18.0 Å². The third kappa shape index (κ3) is 3.43. The first-order chi connectivity index (χ1) is 17.5. The fraction of sp³-hybridized carbons (Fsp3) is 0.222. The number of fused-ring (bicyclic) bond motifs is 3. The number of halogens is 1. The lowest BCUT2D eigenvalue weighted by Gasteiger charge is -2.22. The summed E-state index contributed by atoms with van der Waals surface area (Å²) in [7, 11) is 1.55. The number of aryl methyl sites for hydroxylation is 2. The molecule has 2 aliphatic rings. The molecule has 2 aromatic carbocycles. The quantitative estimate of drug-likeness (QED) is 0.397. The summed E-state index contributed by atoms with van der Waals surface area (Å²) < 4.78 is 22.4. The Morgan fingerprint density at radius 1 is 1.22 bits per heavy atom. The molecule has 3 N–H and O–H groups in total. The number of nitrogens with zero attached hydrogens (tertiary/aromatic N) is 2. The van der Waals surface area contributed by atoms with Crippen molar-refractivity contribution in [3.05, 3.63) is 93.1 Å². The highest BCUT2D eigenvalue weighted by molar-refractivity contribution is 6.06. The van der Waals surface area contributed by atoms with E-state index in [-0.39, 0.29) is 34.3 Å². The van der Waals surface area contributed by atoms with Gasteiger partial charge in [0.25, 0.3) is 5.56 Å². The van der Waals surface area contributed by atoms with Gasteiger partial charge >= 0.3 is 5.97 Å². The summed E-state index contributed by atoms with van der Waals surface area (Å²) in [4.78, 5) is 31.6. The molecule has 8 nitrogen and oxygen atoms in total. The molecule has 2 aromatic heterocycles. The van der Waals surface area contributed by atoms with Crippen molar-refractivity contribution in [3.63, 3.8) is 0 Å². The highest BCUT2D eigenvalue weighted by Gasteiger charge is 2.30. The number of dihydropyridines is 1. The molecular formula is C27H23FN4O4. The molecule has 9 heteroatoms. The van der Waals surface area contributed by atoms with Gasteiger partial charge in [0.2, 0.25) is 0 Å². The number of methoxy groups -OCH3 is 1. The molecule has 36 heavy (non-hydrogen) atoms. The molecule has 0 saturated heterocycles. The number of aromatic nitrogens is 3. The van der Waals surface area contributed by atoms with Crippen LogP contribution in [0.5, 0.6) is 0 Å². The maximum absolute atomic E-state index is 15.2. The van der Waals surface area contributed by atoms with Gasteiger partial charge in [0.1, 0.15) is 11.5 Å². The molecule has 1 aliphatic carbocycles. The van der Waals surface area contributed by atoms with Gasteiger partial charge in [0, 0.05) is 40.8 Å². The molecule has 182 valence electrons. The molecule has 0 bridgehead atoms. The summed E-state index contributed by atoms with van der Waals surface area (Å²) in [6.07, 6.45) is 8.94. The number of carbonyl (C=O) groups is 1. The number of aromatic amines is 1. The Kier molecular flexibility index (Phi) is 5.22. The first-order valence-corrected chi connectivity index (χ1v) is 11.7. The highest BCUT2D eigenvalue weighted by Crippen LogP contribution is 2.38. The third-order valence-electron chi connectivity index (χ3n) is 7.04. The minimum absolute atomic E-state index is 0.0404. The van der Waals surface area contributed by atoms with E-state index in [9.17, 15) is 14.7 Å². The van der Waals surface area contributed by atoms with E-state index in [0.29, 0.717) is 16.7 Å². The second-order valence-corrected chi connectivity index (χ2v) is 9.06. The lowest BCUT2D eigenvalue weighted by atomic mass is 9.96. The van der Waals surface area contributed by atoms with Crippen molar-refractivity contribution in [2.24, 2.45) is 0 Å². The topological polar surface area (TPSA) is 109 Å². The number of allylic oxidation sites excluding steroid dienone is 2. The lowest BCUT2D eigenvalue weighted by Crippen LogP contribution is -2.30. The molecule has 4 aromatic rings. The number of nitrogens with one attached hydrogen (secondary N) is 2. The highest BCUT2D eigenvalue weighted by atomic mass is 19.1. The zero-order chi connectivity index (χ0) is 25.0. The number of hydrogen-bond acceptors (Lipinski definition) is 5. The first kappa shape index (κ1) is 22.2. The Morgan fingerprint density at radius 3 is 2.81 bits per heavy atom. The van der Waals surface area contributed by atoms with Crippen LogP contribution >= 0.6 is 0 Å². The van der Waals surface area contributed by atoms with E-state index in [1.165, 1.54) is 29.6 Å². The average molecular weight is 487 g/mol. The van der Waals surface area contributed by atoms with Crippen molar-refractivity contribution in [2.75, 3.05) is 7.11 Å². The zero-order valence-electron chi connectivity index (χ0n) is 19.5. The minimum Gasteiger partial charge on any atom is -0.477 e. The van der Waals surface area contributed by atoms with Crippen molar-refractivity contribution < 1.29 is 19.0 Å². The Labute approximate surface area is 204 Å². The number of rotatable bonds is 5. The van der Waals surface area contributed by atoms with E-state index in [1.54, 1.807) is 24.0 Å². The Hall–Kier alpha value is -4.24. The molecule has 0 spiro atoms. The van der Waals surface area contributed by atoms with Crippen LogP contribution in [0.2, 0.25) is 0 Å². The molecule has 0 amide bonds. The second-order valence-electron chi connectivity index (χ2n) is 9.06. The molecule has 1 aliphatic heterocycles. The van der Waals surface area contributed by atoms with Crippen molar-refractivity contribution in [1.82, 2.24) is 19.9 Å². The maximum Gasteiger partial charge on any atom is 0.353 e. The SMILES string of the molecule is COC1NC=CC=C1c1c(C(=O)O)n(Cc2cc3c(=O)[nH]cnc3cc2F)c2cc3c(cc12)CCC3. The number of carboxylic acid groups (broad SMARTS) is 1. The number of ether oxygens (including phenoxy) is 1. The maximum atomic E-state index is 15.2. The van der Waals surface area contributed by atoms with Crippen molar-refractivity contribution in [3.8, 4) is 0 Å². The van der Waals surface area contributed by atoms with Crippen molar-refractivity contribution in [1.29, 1.82) is 0 Å². The normalized spacial score (nSPS) is 16.8. The molecule has 6 rings (SSSR count). The van der Waals surface area contributed by atoms with Crippen LogP contribution in [0.3, 0.4) is 0 Å². The molecule has 0 saturated carbocycles. The summed E-state index contributed by atoms with van der Waals surface area (Å²) in [5.74, 6) is -1.69. The van der Waals surface area contributed by atoms with Crippen LogP contribution in [-0.4, -0.2) is 38.9 Å². The smallest absolute Gasteiger partial charge is 0.353 e. The first-order valence-electron chi connectivity index (χ1n) is 11.7. The van der Waals surface area contributed by atoms with Crippen molar-refractivity contribution >= 4 is 33.3 Å². The standard InChI is InChI=1S/C27H23FN4O4/c1-36-26-17(6-3-7-29-26)23-19-8-14-4-2-5-15(14)10-22(19)32(24(23)27(34)35)12-16-9-18-21(11-20(16)28)30-13-31-25(18)33/h3,6-11,13,26,29H,2,4-5,12H2,1H3,(H,34,35)(H,30,31,33). The lowest BCUT2D eigenvalue weighted by molar-refractivity contribution is 0.0685. The van der Waals surface area contributed by atoms with Gasteiger partial charge in [-0.05, 0) is 60.9 Å². The van der Waals surface area contributed by atoms with Gasteiger partial charge in [-0.3, -0.25) is 4.79 Å². The number of hydrogen-bond donors (Lipinski definition) is 3. The van der Waals surface area contributed by atoms with Gasteiger partial charge in [-0.2, -0.15) is 0 Å². The third-order valence-corrected chi connectivity index (χ3v) is 7.04. The Morgan fingerprint density at radius 2 is 2.03 bits per heavy atom. The van der Waals surface area contributed by atoms with Crippen molar-refractivity contribution in [2.45, 2.75) is 32.0 Å². The minimum atomic E-state index is -1.13. The number of benzene rings is 2. The fourth-order valence-electron chi connectivity index (χ4n) is 5.40. The van der Waals surface area contributed by atoms with Crippen LogP contribution in [0.25, 0.3) is 27.4 Å². The van der Waals surface area contributed by atoms with E-state index in [1.807, 2.05) is 12.1 Å². The predicted octanol–water partition coefficient (Wildman–Crippen LogP) is 3.72. The van der Waals surface area contributed by atoms with Gasteiger partial charge in [-0.25, -0.2) is 14.2 Å². The zero-order valence-corrected chi connectivity index (χ0v) is 19.5. The molecule has 1 atom stereocenters.